The molecule has 3 heterocycles. The van der Waals surface area contributed by atoms with Gasteiger partial charge in [0.05, 0.1) is 35.4 Å². The highest BCUT2D eigenvalue weighted by Gasteiger charge is 2.62. The van der Waals surface area contributed by atoms with Gasteiger partial charge >= 0.3 is 0 Å². The highest BCUT2D eigenvalue weighted by molar-refractivity contribution is 7.91. The Hall–Kier alpha value is -3.75. The van der Waals surface area contributed by atoms with Crippen LogP contribution in [0.1, 0.15) is 76.8 Å². The third-order valence-electron chi connectivity index (χ3n) is 10.7. The van der Waals surface area contributed by atoms with Gasteiger partial charge in [-0.05, 0) is 69.4 Å². The first kappa shape index (κ1) is 36.6. The molecule has 1 aromatic carbocycles. The number of amides is 3. The number of fused-ring (bicyclic) bond motifs is 3. The van der Waals surface area contributed by atoms with E-state index in [2.05, 4.69) is 23.9 Å². The number of nitrogens with zero attached hydrogens (tertiary/aromatic N) is 3. The number of carbonyl (C=O) groups is 3. The lowest BCUT2D eigenvalue weighted by Gasteiger charge is -2.26. The number of aromatic nitrogens is 2. The Morgan fingerprint density at radius 1 is 1.13 bits per heavy atom. The molecule has 0 radical (unpaired) electrons. The molecule has 3 saturated carbocycles. The van der Waals surface area contributed by atoms with Gasteiger partial charge in [0.15, 0.2) is 0 Å². The third-order valence-corrected chi connectivity index (χ3v) is 13.8. The molecule has 5 atom stereocenters. The van der Waals surface area contributed by atoms with Crippen molar-refractivity contribution in [3.63, 3.8) is 0 Å². The summed E-state index contributed by atoms with van der Waals surface area (Å²) in [7, 11) is -0.553. The van der Waals surface area contributed by atoms with Crippen molar-refractivity contribution in [1.82, 2.24) is 24.9 Å². The first-order valence-corrected chi connectivity index (χ1v) is 20.7. The quantitative estimate of drug-likeness (QED) is 0.279. The topological polar surface area (TPSA) is 157 Å². The second kappa shape index (κ2) is 14.2. The van der Waals surface area contributed by atoms with E-state index in [1.165, 1.54) is 18.4 Å². The summed E-state index contributed by atoms with van der Waals surface area (Å²) in [5.74, 6) is -2.09. The maximum Gasteiger partial charge on any atom is 0.259 e. The van der Waals surface area contributed by atoms with E-state index in [1.54, 1.807) is 18.0 Å². The second-order valence-corrected chi connectivity index (χ2v) is 18.0. The van der Waals surface area contributed by atoms with E-state index >= 15 is 0 Å². The van der Waals surface area contributed by atoms with Crippen LogP contribution in [0.2, 0.25) is 5.02 Å². The maximum absolute atomic E-state index is 14.3. The van der Waals surface area contributed by atoms with Crippen LogP contribution in [-0.2, 0) is 24.4 Å². The Morgan fingerprint density at radius 3 is 2.62 bits per heavy atom. The monoisotopic (exact) mass is 769 g/mol. The lowest BCUT2D eigenvalue weighted by molar-refractivity contribution is -0.140. The first-order chi connectivity index (χ1) is 24.8. The summed E-state index contributed by atoms with van der Waals surface area (Å²) in [6.07, 6.45) is 7.42. The molecule has 3 amide bonds. The van der Waals surface area contributed by atoms with Crippen molar-refractivity contribution in [3.8, 4) is 22.2 Å². The van der Waals surface area contributed by atoms with Crippen molar-refractivity contribution in [2.45, 2.75) is 88.0 Å². The van der Waals surface area contributed by atoms with E-state index in [0.29, 0.717) is 57.5 Å². The molecule has 0 unspecified atom stereocenters. The summed E-state index contributed by atoms with van der Waals surface area (Å²) in [5, 5.41) is 6.02. The predicted octanol–water partition coefficient (Wildman–Crippen LogP) is 5.60. The molecule has 0 bridgehead atoms. The molecule has 3 aromatic rings. The number of thiazole rings is 1. The number of sulfonamides is 1. The van der Waals surface area contributed by atoms with Gasteiger partial charge in [-0.25, -0.2) is 18.4 Å². The van der Waals surface area contributed by atoms with Gasteiger partial charge in [-0.1, -0.05) is 37.6 Å². The zero-order valence-electron chi connectivity index (χ0n) is 29.7. The number of pyridine rings is 1. The van der Waals surface area contributed by atoms with Crippen molar-refractivity contribution in [3.05, 3.63) is 46.4 Å². The van der Waals surface area contributed by atoms with Crippen LogP contribution in [0.25, 0.3) is 21.6 Å². The van der Waals surface area contributed by atoms with Gasteiger partial charge in [-0.3, -0.25) is 19.1 Å². The smallest absolute Gasteiger partial charge is 0.259 e. The molecule has 1 aliphatic heterocycles. The number of nitrogens with one attached hydrogen (secondary N) is 2. The van der Waals surface area contributed by atoms with Crippen LogP contribution >= 0.6 is 22.9 Å². The fourth-order valence-corrected chi connectivity index (χ4v) is 9.90. The van der Waals surface area contributed by atoms with Crippen LogP contribution in [0.5, 0.6) is 11.5 Å². The standard InChI is InChI=1S/C37H44ClN5O7S2/c1-20(2)28-19-51-34(40-28)27-17-30(24-12-13-29(49-4)31(38)32(24)39-27)50-22-15-25-26(16-22)35(45)43(3)14-8-6-5-7-9-21-18-37(21,41-33(25)44)36(46)42-52(47,48)23-10-11-23/h7,9,12-13,17,19-23,25-26H,5-6,8,10-11,14-16,18H2,1-4H3,(H,41,44)(H,42,46)/b9-7-/t21-,22-,25-,26-,37-/m1/s1. The molecule has 0 spiro atoms. The van der Waals surface area contributed by atoms with Gasteiger partial charge in [0, 0.05) is 36.3 Å². The number of hydrogen-bond donors (Lipinski definition) is 2. The molecular formula is C37H44ClN5O7S2. The van der Waals surface area contributed by atoms with Crippen molar-refractivity contribution in [2.75, 3.05) is 20.7 Å². The van der Waals surface area contributed by atoms with Gasteiger partial charge in [0.1, 0.15) is 38.9 Å². The predicted molar refractivity (Wildman–Crippen MR) is 199 cm³/mol. The number of rotatable bonds is 8. The van der Waals surface area contributed by atoms with Gasteiger partial charge in [0.25, 0.3) is 5.91 Å². The van der Waals surface area contributed by atoms with Crippen LogP contribution in [0.4, 0.5) is 0 Å². The van der Waals surface area contributed by atoms with Crippen LogP contribution in [0.3, 0.4) is 0 Å². The SMILES string of the molecule is COc1ccc2c(O[C@@H]3C[C@H]4C(=O)N[C@]5(C(=O)NS(=O)(=O)C6CC6)C[C@H]5/C=C\CCCCN(C)C(=O)[C@@H]4C3)cc(-c3nc(C(C)C)cs3)nc2c1Cl. The minimum Gasteiger partial charge on any atom is -0.495 e. The Kier molecular flexibility index (Phi) is 10.0. The molecule has 278 valence electrons. The lowest BCUT2D eigenvalue weighted by Crippen LogP contribution is -2.54. The Labute approximate surface area is 312 Å². The number of allylic oxidation sites excluding steroid dienone is 1. The lowest BCUT2D eigenvalue weighted by atomic mass is 9.93. The van der Waals surface area contributed by atoms with Gasteiger partial charge in [-0.2, -0.15) is 0 Å². The molecular weight excluding hydrogens is 726 g/mol. The number of benzene rings is 1. The highest BCUT2D eigenvalue weighted by atomic mass is 35.5. The summed E-state index contributed by atoms with van der Waals surface area (Å²) in [4.78, 5) is 53.2. The number of ether oxygens (including phenoxy) is 2. The Balaban J connectivity index is 1.21. The van der Waals surface area contributed by atoms with E-state index < -0.39 is 50.6 Å². The summed E-state index contributed by atoms with van der Waals surface area (Å²) in [5.41, 5.74) is 0.576. The fourth-order valence-electron chi connectivity index (χ4n) is 7.31. The molecule has 2 N–H and O–H groups in total. The number of carbonyl (C=O) groups excluding carboxylic acids is 3. The molecule has 3 fully saturated rings. The minimum atomic E-state index is -3.84. The van der Waals surface area contributed by atoms with Crippen molar-refractivity contribution < 1.29 is 32.3 Å². The molecule has 2 aromatic heterocycles. The molecule has 7 rings (SSSR count). The fraction of sp³-hybridized carbons (Fsp3) is 0.541. The van der Waals surface area contributed by atoms with Crippen molar-refractivity contribution in [1.29, 1.82) is 0 Å². The molecule has 15 heteroatoms. The normalized spacial score (nSPS) is 27.4. The summed E-state index contributed by atoms with van der Waals surface area (Å²) >= 11 is 8.27. The molecule has 12 nitrogen and oxygen atoms in total. The zero-order chi connectivity index (χ0) is 36.9. The first-order valence-electron chi connectivity index (χ1n) is 17.9. The molecule has 3 aliphatic carbocycles. The summed E-state index contributed by atoms with van der Waals surface area (Å²) in [6.45, 7) is 4.69. The Morgan fingerprint density at radius 2 is 1.90 bits per heavy atom. The van der Waals surface area contributed by atoms with E-state index in [9.17, 15) is 22.8 Å². The number of halogens is 1. The largest absolute Gasteiger partial charge is 0.495 e. The van der Waals surface area contributed by atoms with E-state index in [1.807, 2.05) is 29.7 Å². The average molecular weight is 770 g/mol. The van der Waals surface area contributed by atoms with E-state index in [-0.39, 0.29) is 37.0 Å². The summed E-state index contributed by atoms with van der Waals surface area (Å²) in [6, 6.07) is 5.39. The van der Waals surface area contributed by atoms with Gasteiger partial charge < -0.3 is 19.7 Å². The van der Waals surface area contributed by atoms with Crippen LogP contribution in [-0.4, -0.2) is 78.6 Å². The van der Waals surface area contributed by atoms with E-state index in [4.69, 9.17) is 31.0 Å². The van der Waals surface area contributed by atoms with Crippen LogP contribution in [0.15, 0.2) is 35.7 Å². The van der Waals surface area contributed by atoms with Crippen LogP contribution in [0, 0.1) is 17.8 Å². The van der Waals surface area contributed by atoms with Crippen molar-refractivity contribution >= 4 is 61.6 Å². The zero-order valence-corrected chi connectivity index (χ0v) is 32.1. The summed E-state index contributed by atoms with van der Waals surface area (Å²) < 4.78 is 40.0. The maximum atomic E-state index is 14.3. The number of hydrogen-bond acceptors (Lipinski definition) is 10. The minimum absolute atomic E-state index is 0.168. The van der Waals surface area contributed by atoms with Crippen LogP contribution < -0.4 is 19.5 Å². The highest BCUT2D eigenvalue weighted by Crippen LogP contribution is 2.47. The second-order valence-electron chi connectivity index (χ2n) is 14.8. The average Bonchev–Trinajstić information content (AvgIpc) is 3.98. The molecule has 4 aliphatic rings. The van der Waals surface area contributed by atoms with Crippen molar-refractivity contribution in [2.24, 2.45) is 17.8 Å². The number of methoxy groups -OCH3 is 1. The van der Waals surface area contributed by atoms with Gasteiger partial charge in [0.2, 0.25) is 21.8 Å². The van der Waals surface area contributed by atoms with E-state index in [0.717, 1.165) is 25.0 Å². The Bertz CT molecular complexity index is 2050. The van der Waals surface area contributed by atoms with Gasteiger partial charge in [-0.15, -0.1) is 11.3 Å². The molecule has 0 saturated heterocycles. The third kappa shape index (κ3) is 7.13. The molecule has 52 heavy (non-hydrogen) atoms.